The summed E-state index contributed by atoms with van der Waals surface area (Å²) in [5.74, 6) is 0.564. The summed E-state index contributed by atoms with van der Waals surface area (Å²) >= 11 is 6.26. The van der Waals surface area contributed by atoms with E-state index in [4.69, 9.17) is 21.1 Å². The molecule has 152 valence electrons. The van der Waals surface area contributed by atoms with Crippen molar-refractivity contribution in [3.05, 3.63) is 52.9 Å². The summed E-state index contributed by atoms with van der Waals surface area (Å²) in [6, 6.07) is 9.60. The van der Waals surface area contributed by atoms with Crippen LogP contribution in [0.1, 0.15) is 22.5 Å². The van der Waals surface area contributed by atoms with Crippen LogP contribution in [0.15, 0.2) is 36.5 Å². The van der Waals surface area contributed by atoms with Gasteiger partial charge in [-0.25, -0.2) is 9.50 Å². The van der Waals surface area contributed by atoms with Crippen LogP contribution in [0.3, 0.4) is 0 Å². The van der Waals surface area contributed by atoms with Crippen LogP contribution in [0.2, 0.25) is 5.15 Å². The molecule has 4 rings (SSSR count). The van der Waals surface area contributed by atoms with E-state index in [9.17, 15) is 4.79 Å². The number of amides is 1. The fourth-order valence-corrected chi connectivity index (χ4v) is 3.54. The number of hydrogen-bond donors (Lipinski definition) is 1. The zero-order valence-electron chi connectivity index (χ0n) is 16.3. The van der Waals surface area contributed by atoms with E-state index >= 15 is 0 Å². The molecule has 0 saturated carbocycles. The molecule has 1 aliphatic rings. The van der Waals surface area contributed by atoms with E-state index in [0.29, 0.717) is 31.1 Å². The molecule has 0 radical (unpaired) electrons. The third-order valence-electron chi connectivity index (χ3n) is 4.91. The summed E-state index contributed by atoms with van der Waals surface area (Å²) < 4.78 is 12.0. The number of nitrogens with zero attached hydrogens (tertiary/aromatic N) is 4. The highest BCUT2D eigenvalue weighted by Gasteiger charge is 2.23. The maximum absolute atomic E-state index is 12.7. The van der Waals surface area contributed by atoms with Crippen LogP contribution < -0.4 is 15.0 Å². The van der Waals surface area contributed by atoms with Crippen molar-refractivity contribution in [3.63, 3.8) is 0 Å². The van der Waals surface area contributed by atoms with Crippen molar-refractivity contribution in [1.82, 2.24) is 19.9 Å². The molecule has 1 aromatic carbocycles. The molecule has 1 fully saturated rings. The van der Waals surface area contributed by atoms with Crippen molar-refractivity contribution < 1.29 is 14.3 Å². The monoisotopic (exact) mass is 415 g/mol. The van der Waals surface area contributed by atoms with Gasteiger partial charge in [-0.2, -0.15) is 5.10 Å². The van der Waals surface area contributed by atoms with Crippen LogP contribution in [-0.2, 0) is 11.3 Å². The molecule has 29 heavy (non-hydrogen) atoms. The van der Waals surface area contributed by atoms with Crippen molar-refractivity contribution in [1.29, 1.82) is 0 Å². The lowest BCUT2D eigenvalue weighted by molar-refractivity contribution is 0.0923. The lowest BCUT2D eigenvalue weighted by atomic mass is 10.2. The molecule has 3 heterocycles. The van der Waals surface area contributed by atoms with Crippen molar-refractivity contribution in [3.8, 4) is 5.75 Å². The normalized spacial score (nSPS) is 16.2. The van der Waals surface area contributed by atoms with Crippen molar-refractivity contribution in [2.45, 2.75) is 19.0 Å². The summed E-state index contributed by atoms with van der Waals surface area (Å²) in [4.78, 5) is 19.1. The molecule has 0 bridgehead atoms. The van der Waals surface area contributed by atoms with Gasteiger partial charge in [0.1, 0.15) is 5.75 Å². The zero-order chi connectivity index (χ0) is 20.4. The van der Waals surface area contributed by atoms with Crippen molar-refractivity contribution in [2.75, 3.05) is 32.3 Å². The van der Waals surface area contributed by atoms with E-state index in [-0.39, 0.29) is 17.1 Å². The first-order valence-corrected chi connectivity index (χ1v) is 9.70. The lowest BCUT2D eigenvalue weighted by Crippen LogP contribution is -2.35. The zero-order valence-corrected chi connectivity index (χ0v) is 17.0. The summed E-state index contributed by atoms with van der Waals surface area (Å²) in [6.07, 6.45) is 2.32. The SMILES string of the molecule is COc1ccc(CN(C)c2cc(Cl)nn3c(C(=O)N[C@H]4CCOC4)cnc23)cc1. The second kappa shape index (κ2) is 8.26. The van der Waals surface area contributed by atoms with Crippen LogP contribution in [-0.4, -0.2) is 53.9 Å². The number of hydrogen-bond acceptors (Lipinski definition) is 6. The van der Waals surface area contributed by atoms with Gasteiger partial charge in [0.25, 0.3) is 5.91 Å². The molecule has 0 unspecified atom stereocenters. The average molecular weight is 416 g/mol. The minimum atomic E-state index is -0.244. The predicted molar refractivity (Wildman–Crippen MR) is 110 cm³/mol. The first-order valence-electron chi connectivity index (χ1n) is 9.32. The van der Waals surface area contributed by atoms with Gasteiger partial charge in [-0.15, -0.1) is 0 Å². The molecule has 0 aliphatic carbocycles. The number of anilines is 1. The molecule has 1 saturated heterocycles. The Morgan fingerprint density at radius 1 is 1.41 bits per heavy atom. The molecule has 2 aromatic heterocycles. The van der Waals surface area contributed by atoms with Crippen LogP contribution >= 0.6 is 11.6 Å². The molecule has 1 N–H and O–H groups in total. The first kappa shape index (κ1) is 19.5. The van der Waals surface area contributed by atoms with Crippen LogP contribution in [0.25, 0.3) is 5.65 Å². The Morgan fingerprint density at radius 3 is 2.90 bits per heavy atom. The van der Waals surface area contributed by atoms with Gasteiger partial charge in [0.05, 0.1) is 31.6 Å². The number of benzene rings is 1. The molecule has 9 heteroatoms. The highest BCUT2D eigenvalue weighted by atomic mass is 35.5. The molecule has 1 atom stereocenters. The second-order valence-electron chi connectivity index (χ2n) is 6.97. The number of methoxy groups -OCH3 is 1. The van der Waals surface area contributed by atoms with Gasteiger partial charge in [0, 0.05) is 26.3 Å². The van der Waals surface area contributed by atoms with Crippen LogP contribution in [0.5, 0.6) is 5.75 Å². The molecule has 3 aromatic rings. The number of aromatic nitrogens is 3. The lowest BCUT2D eigenvalue weighted by Gasteiger charge is -2.20. The molecule has 0 spiro atoms. The Balaban J connectivity index is 1.60. The maximum atomic E-state index is 12.7. The van der Waals surface area contributed by atoms with Gasteiger partial charge in [0.15, 0.2) is 16.5 Å². The average Bonchev–Trinajstić information content (AvgIpc) is 3.37. The van der Waals surface area contributed by atoms with Crippen molar-refractivity contribution >= 4 is 28.8 Å². The maximum Gasteiger partial charge on any atom is 0.271 e. The summed E-state index contributed by atoms with van der Waals surface area (Å²) in [6.45, 7) is 1.81. The second-order valence-corrected chi connectivity index (χ2v) is 7.36. The van der Waals surface area contributed by atoms with Gasteiger partial charge < -0.3 is 19.7 Å². The quantitative estimate of drug-likeness (QED) is 0.666. The van der Waals surface area contributed by atoms with E-state index in [1.165, 1.54) is 10.7 Å². The first-order chi connectivity index (χ1) is 14.0. The Kier molecular flexibility index (Phi) is 5.55. The van der Waals surface area contributed by atoms with E-state index in [2.05, 4.69) is 15.4 Å². The standard InChI is InChI=1S/C20H22ClN5O3/c1-25(11-13-3-5-15(28-2)6-4-13)16-9-18(21)24-26-17(10-22-19(16)26)20(27)23-14-7-8-29-12-14/h3-6,9-10,14H,7-8,11-12H2,1-2H3,(H,23,27)/t14-/m0/s1. The van der Waals surface area contributed by atoms with Gasteiger partial charge in [0.2, 0.25) is 0 Å². The highest BCUT2D eigenvalue weighted by Crippen LogP contribution is 2.25. The summed E-state index contributed by atoms with van der Waals surface area (Å²) in [7, 11) is 3.59. The number of ether oxygens (including phenoxy) is 2. The van der Waals surface area contributed by atoms with Crippen LogP contribution in [0.4, 0.5) is 5.69 Å². The van der Waals surface area contributed by atoms with Gasteiger partial charge in [-0.05, 0) is 24.1 Å². The Morgan fingerprint density at radius 2 is 2.21 bits per heavy atom. The third-order valence-corrected chi connectivity index (χ3v) is 5.09. The number of carbonyl (C=O) groups is 1. The van der Waals surface area contributed by atoms with Gasteiger partial charge in [-0.1, -0.05) is 23.7 Å². The third kappa shape index (κ3) is 4.13. The van der Waals surface area contributed by atoms with E-state index in [1.807, 2.05) is 36.2 Å². The topological polar surface area (TPSA) is 81.0 Å². The van der Waals surface area contributed by atoms with Crippen LogP contribution in [0, 0.1) is 0 Å². The minimum absolute atomic E-state index is 0.00412. The fraction of sp³-hybridized carbons (Fsp3) is 0.350. The Labute approximate surface area is 173 Å². The number of imidazole rings is 1. The molecular weight excluding hydrogens is 394 g/mol. The molecule has 1 aliphatic heterocycles. The largest absolute Gasteiger partial charge is 0.497 e. The van der Waals surface area contributed by atoms with E-state index in [0.717, 1.165) is 23.4 Å². The number of rotatable bonds is 6. The number of nitrogens with one attached hydrogen (secondary N) is 1. The summed E-state index contributed by atoms with van der Waals surface area (Å²) in [5, 5.41) is 7.53. The fourth-order valence-electron chi connectivity index (χ4n) is 3.36. The summed E-state index contributed by atoms with van der Waals surface area (Å²) in [5.41, 5.74) is 2.79. The molecular formula is C20H22ClN5O3. The number of carbonyl (C=O) groups excluding carboxylic acids is 1. The highest BCUT2D eigenvalue weighted by molar-refractivity contribution is 6.29. The molecule has 1 amide bonds. The minimum Gasteiger partial charge on any atom is -0.497 e. The Hall–Kier alpha value is -2.84. The van der Waals surface area contributed by atoms with Gasteiger partial charge >= 0.3 is 0 Å². The number of halogens is 1. The smallest absolute Gasteiger partial charge is 0.271 e. The Bertz CT molecular complexity index is 1010. The van der Waals surface area contributed by atoms with E-state index in [1.54, 1.807) is 13.2 Å². The van der Waals surface area contributed by atoms with E-state index < -0.39 is 0 Å². The van der Waals surface area contributed by atoms with Gasteiger partial charge in [-0.3, -0.25) is 4.79 Å². The number of fused-ring (bicyclic) bond motifs is 1. The molecule has 8 nitrogen and oxygen atoms in total. The predicted octanol–water partition coefficient (Wildman–Crippen LogP) is 2.55. The van der Waals surface area contributed by atoms with Crippen molar-refractivity contribution in [2.24, 2.45) is 0 Å².